The van der Waals surface area contributed by atoms with Gasteiger partial charge in [0.1, 0.15) is 11.6 Å². The van der Waals surface area contributed by atoms with Crippen molar-refractivity contribution in [2.24, 2.45) is 11.8 Å². The lowest BCUT2D eigenvalue weighted by atomic mass is 10.2. The number of carbonyl (C=O) groups is 1. The Kier molecular flexibility index (Phi) is 3.26. The largest absolute Gasteiger partial charge is 0.352 e. The topological polar surface area (TPSA) is 59.8 Å². The molecular formula is C15H18N4O. The Morgan fingerprint density at radius 1 is 1.45 bits per heavy atom. The fourth-order valence-electron chi connectivity index (χ4n) is 2.33. The Balaban J connectivity index is 1.69. The van der Waals surface area contributed by atoms with Crippen LogP contribution in [0.5, 0.6) is 0 Å². The van der Waals surface area contributed by atoms with Crippen molar-refractivity contribution in [2.75, 3.05) is 0 Å². The molecule has 0 bridgehead atoms. The molecule has 2 aromatic heterocycles. The SMILES string of the molecule is Cc1nccn1-c1cc(CNC(=O)[C@@H]2C[C@H]2C)ccn1. The van der Waals surface area contributed by atoms with Crippen LogP contribution in [0.25, 0.3) is 5.82 Å². The van der Waals surface area contributed by atoms with Crippen molar-refractivity contribution in [3.05, 3.63) is 42.1 Å². The Bertz CT molecular complexity index is 634. The van der Waals surface area contributed by atoms with E-state index in [0.717, 1.165) is 23.6 Å². The van der Waals surface area contributed by atoms with E-state index in [2.05, 4.69) is 22.2 Å². The molecule has 0 radical (unpaired) electrons. The number of nitrogens with zero attached hydrogens (tertiary/aromatic N) is 3. The molecule has 0 aliphatic heterocycles. The summed E-state index contributed by atoms with van der Waals surface area (Å²) in [5.41, 5.74) is 1.05. The van der Waals surface area contributed by atoms with Gasteiger partial charge in [0.25, 0.3) is 0 Å². The summed E-state index contributed by atoms with van der Waals surface area (Å²) >= 11 is 0. The molecule has 2 heterocycles. The first-order valence-corrected chi connectivity index (χ1v) is 6.88. The highest BCUT2D eigenvalue weighted by Crippen LogP contribution is 2.37. The molecule has 0 saturated heterocycles. The van der Waals surface area contributed by atoms with E-state index < -0.39 is 0 Å². The second kappa shape index (κ2) is 5.07. The van der Waals surface area contributed by atoms with E-state index in [1.807, 2.05) is 29.8 Å². The molecule has 20 heavy (non-hydrogen) atoms. The third-order valence-electron chi connectivity index (χ3n) is 3.80. The zero-order chi connectivity index (χ0) is 14.1. The normalized spacial score (nSPS) is 20.7. The summed E-state index contributed by atoms with van der Waals surface area (Å²) < 4.78 is 1.92. The van der Waals surface area contributed by atoms with Crippen LogP contribution >= 0.6 is 0 Å². The van der Waals surface area contributed by atoms with Crippen LogP contribution in [0.1, 0.15) is 24.7 Å². The average Bonchev–Trinajstić information content (AvgIpc) is 3.02. The molecule has 2 atom stereocenters. The molecule has 0 unspecified atom stereocenters. The monoisotopic (exact) mass is 270 g/mol. The van der Waals surface area contributed by atoms with Crippen molar-refractivity contribution in [1.29, 1.82) is 0 Å². The molecule has 5 nitrogen and oxygen atoms in total. The molecule has 3 rings (SSSR count). The van der Waals surface area contributed by atoms with Crippen molar-refractivity contribution in [3.8, 4) is 5.82 Å². The summed E-state index contributed by atoms with van der Waals surface area (Å²) in [5.74, 6) is 2.63. The number of rotatable bonds is 4. The summed E-state index contributed by atoms with van der Waals surface area (Å²) in [6.45, 7) is 4.59. The Morgan fingerprint density at radius 2 is 2.25 bits per heavy atom. The first-order chi connectivity index (χ1) is 9.65. The van der Waals surface area contributed by atoms with Crippen LogP contribution in [0.3, 0.4) is 0 Å². The van der Waals surface area contributed by atoms with Crippen LogP contribution in [0, 0.1) is 18.8 Å². The first-order valence-electron chi connectivity index (χ1n) is 6.88. The molecule has 1 fully saturated rings. The van der Waals surface area contributed by atoms with Crippen molar-refractivity contribution >= 4 is 5.91 Å². The van der Waals surface area contributed by atoms with Crippen LogP contribution in [0.4, 0.5) is 0 Å². The molecule has 104 valence electrons. The van der Waals surface area contributed by atoms with Crippen LogP contribution in [-0.2, 0) is 11.3 Å². The van der Waals surface area contributed by atoms with E-state index in [-0.39, 0.29) is 11.8 Å². The number of carbonyl (C=O) groups excluding carboxylic acids is 1. The molecule has 5 heteroatoms. The van der Waals surface area contributed by atoms with E-state index in [4.69, 9.17) is 0 Å². The van der Waals surface area contributed by atoms with Gasteiger partial charge in [-0.3, -0.25) is 9.36 Å². The van der Waals surface area contributed by atoms with Gasteiger partial charge in [0, 0.05) is 31.1 Å². The van der Waals surface area contributed by atoms with Gasteiger partial charge in [-0.1, -0.05) is 6.92 Å². The number of pyridine rings is 1. The zero-order valence-electron chi connectivity index (χ0n) is 11.7. The minimum atomic E-state index is 0.162. The van der Waals surface area contributed by atoms with Crippen molar-refractivity contribution < 1.29 is 4.79 Å². The minimum Gasteiger partial charge on any atom is -0.352 e. The summed E-state index contributed by atoms with van der Waals surface area (Å²) in [5, 5.41) is 2.99. The highest BCUT2D eigenvalue weighted by Gasteiger charge is 2.38. The van der Waals surface area contributed by atoms with Gasteiger partial charge in [-0.15, -0.1) is 0 Å². The third-order valence-corrected chi connectivity index (χ3v) is 3.80. The zero-order valence-corrected chi connectivity index (χ0v) is 11.7. The smallest absolute Gasteiger partial charge is 0.223 e. The maximum Gasteiger partial charge on any atom is 0.223 e. The molecule has 2 aromatic rings. The lowest BCUT2D eigenvalue weighted by Gasteiger charge is -2.08. The van der Waals surface area contributed by atoms with E-state index in [9.17, 15) is 4.79 Å². The lowest BCUT2D eigenvalue weighted by molar-refractivity contribution is -0.122. The van der Waals surface area contributed by atoms with E-state index in [1.165, 1.54) is 0 Å². The predicted octanol–water partition coefficient (Wildman–Crippen LogP) is 1.85. The fourth-order valence-corrected chi connectivity index (χ4v) is 2.33. The van der Waals surface area contributed by atoms with Gasteiger partial charge in [0.05, 0.1) is 0 Å². The highest BCUT2D eigenvalue weighted by atomic mass is 16.2. The number of hydrogen-bond donors (Lipinski definition) is 1. The maximum atomic E-state index is 11.8. The summed E-state index contributed by atoms with van der Waals surface area (Å²) in [4.78, 5) is 20.3. The lowest BCUT2D eigenvalue weighted by Crippen LogP contribution is -2.24. The highest BCUT2D eigenvalue weighted by molar-refractivity contribution is 5.81. The second-order valence-electron chi connectivity index (χ2n) is 5.40. The fraction of sp³-hybridized carbons (Fsp3) is 0.400. The van der Waals surface area contributed by atoms with Crippen LogP contribution in [-0.4, -0.2) is 20.4 Å². The van der Waals surface area contributed by atoms with Crippen molar-refractivity contribution in [2.45, 2.75) is 26.8 Å². The molecule has 1 aliphatic carbocycles. The maximum absolute atomic E-state index is 11.8. The number of aromatic nitrogens is 3. The van der Waals surface area contributed by atoms with E-state index >= 15 is 0 Å². The number of hydrogen-bond acceptors (Lipinski definition) is 3. The number of nitrogens with one attached hydrogen (secondary N) is 1. The van der Waals surface area contributed by atoms with Gasteiger partial charge in [0.15, 0.2) is 0 Å². The molecule has 1 N–H and O–H groups in total. The van der Waals surface area contributed by atoms with E-state index in [1.54, 1.807) is 12.4 Å². The Labute approximate surface area is 118 Å². The standard InChI is InChI=1S/C15H18N4O/c1-10-7-13(10)15(20)18-9-12-3-4-17-14(8-12)19-6-5-16-11(19)2/h3-6,8,10,13H,7,9H2,1-2H3,(H,18,20)/t10-,13-/m1/s1. The van der Waals surface area contributed by atoms with Crippen molar-refractivity contribution in [1.82, 2.24) is 19.9 Å². The second-order valence-corrected chi connectivity index (χ2v) is 5.40. The summed E-state index contributed by atoms with van der Waals surface area (Å²) in [7, 11) is 0. The van der Waals surface area contributed by atoms with Crippen LogP contribution < -0.4 is 5.32 Å². The molecule has 1 aliphatic rings. The molecule has 1 saturated carbocycles. The predicted molar refractivity (Wildman–Crippen MR) is 75.2 cm³/mol. The number of imidazole rings is 1. The van der Waals surface area contributed by atoms with Gasteiger partial charge in [-0.25, -0.2) is 9.97 Å². The number of aryl methyl sites for hydroxylation is 1. The third kappa shape index (κ3) is 2.57. The first kappa shape index (κ1) is 12.8. The minimum absolute atomic E-state index is 0.162. The average molecular weight is 270 g/mol. The molecular weight excluding hydrogens is 252 g/mol. The van der Waals surface area contributed by atoms with Crippen molar-refractivity contribution in [3.63, 3.8) is 0 Å². The Hall–Kier alpha value is -2.17. The van der Waals surface area contributed by atoms with Gasteiger partial charge in [0.2, 0.25) is 5.91 Å². The summed E-state index contributed by atoms with van der Waals surface area (Å²) in [6, 6.07) is 3.90. The summed E-state index contributed by atoms with van der Waals surface area (Å²) in [6.07, 6.45) is 6.41. The van der Waals surface area contributed by atoms with Gasteiger partial charge in [-0.2, -0.15) is 0 Å². The van der Waals surface area contributed by atoms with Crippen LogP contribution in [0.2, 0.25) is 0 Å². The van der Waals surface area contributed by atoms with E-state index in [0.29, 0.717) is 12.5 Å². The van der Waals surface area contributed by atoms with Gasteiger partial charge >= 0.3 is 0 Å². The molecule has 0 spiro atoms. The molecule has 0 aromatic carbocycles. The molecule has 1 amide bonds. The Morgan fingerprint density at radius 3 is 2.90 bits per heavy atom. The van der Waals surface area contributed by atoms with Gasteiger partial charge < -0.3 is 5.32 Å². The number of amides is 1. The van der Waals surface area contributed by atoms with Crippen LogP contribution in [0.15, 0.2) is 30.7 Å². The quantitative estimate of drug-likeness (QED) is 0.922. The van der Waals surface area contributed by atoms with Gasteiger partial charge in [-0.05, 0) is 37.0 Å².